The van der Waals surface area contributed by atoms with Crippen molar-refractivity contribution in [1.82, 2.24) is 14.9 Å². The molecule has 1 aliphatic heterocycles. The molecule has 1 aliphatic rings. The molecule has 0 saturated carbocycles. The second-order valence-corrected chi connectivity index (χ2v) is 7.59. The van der Waals surface area contributed by atoms with E-state index < -0.39 is 10.0 Å². The van der Waals surface area contributed by atoms with Gasteiger partial charge in [0, 0.05) is 23.6 Å². The number of halogens is 1. The lowest BCUT2D eigenvalue weighted by Gasteiger charge is -2.35. The van der Waals surface area contributed by atoms with Crippen LogP contribution in [0.5, 0.6) is 0 Å². The van der Waals surface area contributed by atoms with E-state index in [0.29, 0.717) is 17.6 Å². The minimum Gasteiger partial charge on any atom is -0.333 e. The fourth-order valence-electron chi connectivity index (χ4n) is 2.00. The average Bonchev–Trinajstić information content (AvgIpc) is 2.33. The van der Waals surface area contributed by atoms with Crippen molar-refractivity contribution < 1.29 is 13.2 Å². The number of amides is 2. The van der Waals surface area contributed by atoms with Crippen LogP contribution in [0, 0.1) is 0 Å². The van der Waals surface area contributed by atoms with Crippen LogP contribution in [0.1, 0.15) is 19.3 Å². The molecule has 2 amide bonds. The molecule has 1 fully saturated rings. The Morgan fingerprint density at radius 2 is 2.16 bits per heavy atom. The summed E-state index contributed by atoms with van der Waals surface area (Å²) in [6, 6.07) is -0.271. The van der Waals surface area contributed by atoms with Gasteiger partial charge < -0.3 is 10.2 Å². The van der Waals surface area contributed by atoms with E-state index in [4.69, 9.17) is 0 Å². The van der Waals surface area contributed by atoms with Gasteiger partial charge in [0.25, 0.3) is 0 Å². The summed E-state index contributed by atoms with van der Waals surface area (Å²) in [7, 11) is -3.23. The van der Waals surface area contributed by atoms with Gasteiger partial charge in [-0.1, -0.05) is 22.5 Å². The SMILES string of the molecule is C=C(Br)CNC(=O)N1CCCCC1CNS(C)(=O)=O. The highest BCUT2D eigenvalue weighted by Gasteiger charge is 2.27. The second-order valence-electron chi connectivity index (χ2n) is 4.64. The van der Waals surface area contributed by atoms with Crippen LogP contribution in [-0.2, 0) is 10.0 Å². The van der Waals surface area contributed by atoms with Crippen molar-refractivity contribution in [3.63, 3.8) is 0 Å². The highest BCUT2D eigenvalue weighted by atomic mass is 79.9. The first-order valence-electron chi connectivity index (χ1n) is 6.12. The lowest BCUT2D eigenvalue weighted by Crippen LogP contribution is -2.52. The second kappa shape index (κ2) is 7.25. The molecule has 2 N–H and O–H groups in total. The van der Waals surface area contributed by atoms with Crippen LogP contribution in [0.3, 0.4) is 0 Å². The number of hydrogen-bond donors (Lipinski definition) is 2. The van der Waals surface area contributed by atoms with Crippen LogP contribution in [0.15, 0.2) is 11.1 Å². The fourth-order valence-corrected chi connectivity index (χ4v) is 2.64. The summed E-state index contributed by atoms with van der Waals surface area (Å²) in [6.45, 7) is 4.93. The molecule has 0 bridgehead atoms. The number of rotatable bonds is 5. The summed E-state index contributed by atoms with van der Waals surface area (Å²) in [5, 5.41) is 2.74. The number of nitrogens with zero attached hydrogens (tertiary/aromatic N) is 1. The molecule has 0 aromatic carbocycles. The normalized spacial score (nSPS) is 20.1. The molecular formula is C11H20BrN3O3S. The maximum atomic E-state index is 12.0. The molecule has 1 saturated heterocycles. The largest absolute Gasteiger partial charge is 0.333 e. The molecule has 6 nitrogen and oxygen atoms in total. The van der Waals surface area contributed by atoms with Gasteiger partial charge in [-0.05, 0) is 19.3 Å². The first-order chi connectivity index (χ1) is 8.79. The fraction of sp³-hybridized carbons (Fsp3) is 0.727. The summed E-state index contributed by atoms with van der Waals surface area (Å²) >= 11 is 3.18. The van der Waals surface area contributed by atoms with E-state index in [-0.39, 0.29) is 18.6 Å². The number of carbonyl (C=O) groups excluding carboxylic acids is 1. The van der Waals surface area contributed by atoms with E-state index >= 15 is 0 Å². The molecule has 1 heterocycles. The number of urea groups is 1. The van der Waals surface area contributed by atoms with Gasteiger partial charge in [-0.3, -0.25) is 0 Å². The van der Waals surface area contributed by atoms with Crippen LogP contribution in [0.25, 0.3) is 0 Å². The predicted octanol–water partition coefficient (Wildman–Crippen LogP) is 1.01. The minimum absolute atomic E-state index is 0.0907. The van der Waals surface area contributed by atoms with Crippen LogP contribution in [-0.4, -0.2) is 51.3 Å². The molecule has 1 atom stereocenters. The first-order valence-corrected chi connectivity index (χ1v) is 8.80. The zero-order valence-corrected chi connectivity index (χ0v) is 13.4. The number of piperidine rings is 1. The molecular weight excluding hydrogens is 334 g/mol. The molecule has 0 spiro atoms. The lowest BCUT2D eigenvalue weighted by molar-refractivity contribution is 0.153. The smallest absolute Gasteiger partial charge is 0.317 e. The zero-order chi connectivity index (χ0) is 14.5. The minimum atomic E-state index is -3.23. The topological polar surface area (TPSA) is 78.5 Å². The molecule has 0 aliphatic carbocycles. The Labute approximate surface area is 122 Å². The monoisotopic (exact) mass is 353 g/mol. The van der Waals surface area contributed by atoms with Crippen LogP contribution in [0.4, 0.5) is 4.79 Å². The molecule has 1 unspecified atom stereocenters. The van der Waals surface area contributed by atoms with Crippen molar-refractivity contribution >= 4 is 32.0 Å². The Morgan fingerprint density at radius 1 is 1.47 bits per heavy atom. The summed E-state index contributed by atoms with van der Waals surface area (Å²) in [5.41, 5.74) is 0. The Morgan fingerprint density at radius 3 is 2.74 bits per heavy atom. The van der Waals surface area contributed by atoms with E-state index in [0.717, 1.165) is 25.5 Å². The van der Waals surface area contributed by atoms with Gasteiger partial charge in [-0.2, -0.15) is 0 Å². The highest BCUT2D eigenvalue weighted by molar-refractivity contribution is 9.11. The Hall–Kier alpha value is -0.600. The third-order valence-corrected chi connectivity index (χ3v) is 3.87. The number of hydrogen-bond acceptors (Lipinski definition) is 3. The van der Waals surface area contributed by atoms with Gasteiger partial charge in [0.05, 0.1) is 12.8 Å². The third kappa shape index (κ3) is 6.40. The molecule has 8 heteroatoms. The maximum absolute atomic E-state index is 12.0. The van der Waals surface area contributed by atoms with Gasteiger partial charge in [0.15, 0.2) is 0 Å². The van der Waals surface area contributed by atoms with Crippen molar-refractivity contribution in [2.75, 3.05) is 25.9 Å². The van der Waals surface area contributed by atoms with E-state index in [2.05, 4.69) is 32.5 Å². The summed E-state index contributed by atoms with van der Waals surface area (Å²) in [6.07, 6.45) is 3.88. The molecule has 110 valence electrons. The van der Waals surface area contributed by atoms with Crippen LogP contribution < -0.4 is 10.0 Å². The lowest BCUT2D eigenvalue weighted by atomic mass is 10.0. The number of sulfonamides is 1. The Balaban J connectivity index is 2.56. The van der Waals surface area contributed by atoms with Crippen LogP contribution >= 0.6 is 15.9 Å². The van der Waals surface area contributed by atoms with Gasteiger partial charge >= 0.3 is 6.03 Å². The first kappa shape index (κ1) is 16.5. The molecule has 0 aromatic rings. The zero-order valence-electron chi connectivity index (χ0n) is 11.0. The van der Waals surface area contributed by atoms with Crippen molar-refractivity contribution in [3.05, 3.63) is 11.1 Å². The number of carbonyl (C=O) groups is 1. The molecule has 1 rings (SSSR count). The molecule has 0 radical (unpaired) electrons. The summed E-state index contributed by atoms with van der Waals surface area (Å²) < 4.78 is 25.4. The van der Waals surface area contributed by atoms with Gasteiger partial charge in [-0.15, -0.1) is 0 Å². The van der Waals surface area contributed by atoms with Gasteiger partial charge in [0.2, 0.25) is 10.0 Å². The average molecular weight is 354 g/mol. The van der Waals surface area contributed by atoms with Gasteiger partial charge in [-0.25, -0.2) is 17.9 Å². The Kier molecular flexibility index (Phi) is 6.28. The molecule has 19 heavy (non-hydrogen) atoms. The Bertz CT molecular complexity index is 438. The summed E-state index contributed by atoms with van der Waals surface area (Å²) in [4.78, 5) is 13.7. The van der Waals surface area contributed by atoms with Crippen LogP contribution in [0.2, 0.25) is 0 Å². The van der Waals surface area contributed by atoms with E-state index in [1.807, 2.05) is 0 Å². The maximum Gasteiger partial charge on any atom is 0.317 e. The van der Waals surface area contributed by atoms with Gasteiger partial charge in [0.1, 0.15) is 0 Å². The third-order valence-electron chi connectivity index (χ3n) is 2.90. The van der Waals surface area contributed by atoms with E-state index in [1.54, 1.807) is 4.90 Å². The van der Waals surface area contributed by atoms with Crippen molar-refractivity contribution in [2.24, 2.45) is 0 Å². The van der Waals surface area contributed by atoms with Crippen molar-refractivity contribution in [1.29, 1.82) is 0 Å². The standard InChI is InChI=1S/C11H20BrN3O3S/c1-9(12)7-13-11(16)15-6-4-3-5-10(15)8-14-19(2,17)18/h10,14H,1,3-8H2,2H3,(H,13,16). The van der Waals surface area contributed by atoms with Crippen molar-refractivity contribution in [2.45, 2.75) is 25.3 Å². The highest BCUT2D eigenvalue weighted by Crippen LogP contribution is 2.16. The van der Waals surface area contributed by atoms with E-state index in [9.17, 15) is 13.2 Å². The predicted molar refractivity (Wildman–Crippen MR) is 78.7 cm³/mol. The number of nitrogens with one attached hydrogen (secondary N) is 2. The number of likely N-dealkylation sites (tertiary alicyclic amines) is 1. The molecule has 0 aromatic heterocycles. The summed E-state index contributed by atoms with van der Waals surface area (Å²) in [5.74, 6) is 0. The van der Waals surface area contributed by atoms with Crippen molar-refractivity contribution in [3.8, 4) is 0 Å². The quantitative estimate of drug-likeness (QED) is 0.774. The van der Waals surface area contributed by atoms with E-state index in [1.165, 1.54) is 0 Å².